The van der Waals surface area contributed by atoms with Crippen molar-refractivity contribution in [2.45, 2.75) is 46.0 Å². The van der Waals surface area contributed by atoms with E-state index in [-0.39, 0.29) is 29.7 Å². The minimum atomic E-state index is -3.27. The van der Waals surface area contributed by atoms with E-state index in [1.165, 1.54) is 7.05 Å². The van der Waals surface area contributed by atoms with Gasteiger partial charge in [0.25, 0.3) is 0 Å². The third kappa shape index (κ3) is 9.41. The summed E-state index contributed by atoms with van der Waals surface area (Å²) >= 11 is 0. The van der Waals surface area contributed by atoms with Crippen LogP contribution >= 0.6 is 24.0 Å². The predicted octanol–water partition coefficient (Wildman–Crippen LogP) is 2.45. The Kier molecular flexibility index (Phi) is 11.3. The average Bonchev–Trinajstić information content (AvgIpc) is 2.52. The van der Waals surface area contributed by atoms with Crippen molar-refractivity contribution < 1.29 is 8.42 Å². The standard InChI is InChI=1S/C17H30N4O2S.HI/c1-6-19-17(21-14(4)13(2)3)20-11-15-8-7-9-16(10-15)12-24(22,23)18-5;/h7-10,13-14,18H,6,11-12H2,1-5H3,(H2,19,20,21);1H. The molecule has 1 rings (SSSR count). The molecule has 0 spiro atoms. The number of halogens is 1. The number of nitrogens with zero attached hydrogens (tertiary/aromatic N) is 1. The molecule has 1 atom stereocenters. The van der Waals surface area contributed by atoms with Crippen LogP contribution in [0, 0.1) is 5.92 Å². The summed E-state index contributed by atoms with van der Waals surface area (Å²) in [4.78, 5) is 4.59. The van der Waals surface area contributed by atoms with Gasteiger partial charge in [0.1, 0.15) is 0 Å². The Bertz CT molecular complexity index is 648. The third-order valence-electron chi connectivity index (χ3n) is 3.79. The van der Waals surface area contributed by atoms with Crippen LogP contribution in [0.3, 0.4) is 0 Å². The number of guanidine groups is 1. The molecule has 144 valence electrons. The van der Waals surface area contributed by atoms with Crippen LogP contribution in [0.2, 0.25) is 0 Å². The molecule has 6 nitrogen and oxygen atoms in total. The van der Waals surface area contributed by atoms with Gasteiger partial charge in [0.05, 0.1) is 12.3 Å². The summed E-state index contributed by atoms with van der Waals surface area (Å²) in [6.07, 6.45) is 0. The first-order valence-electron chi connectivity index (χ1n) is 8.31. The van der Waals surface area contributed by atoms with Gasteiger partial charge < -0.3 is 10.6 Å². The summed E-state index contributed by atoms with van der Waals surface area (Å²) < 4.78 is 25.6. The second-order valence-electron chi connectivity index (χ2n) is 6.16. The molecular formula is C17H31IN4O2S. The summed E-state index contributed by atoms with van der Waals surface area (Å²) in [5, 5.41) is 6.62. The van der Waals surface area contributed by atoms with Gasteiger partial charge in [-0.2, -0.15) is 0 Å². The van der Waals surface area contributed by atoms with E-state index in [4.69, 9.17) is 0 Å². The normalized spacial score (nSPS) is 13.3. The summed E-state index contributed by atoms with van der Waals surface area (Å²) in [6, 6.07) is 7.83. The molecule has 0 heterocycles. The number of rotatable bonds is 8. The molecular weight excluding hydrogens is 451 g/mol. The Morgan fingerprint density at radius 1 is 1.20 bits per heavy atom. The van der Waals surface area contributed by atoms with Crippen molar-refractivity contribution in [1.82, 2.24) is 15.4 Å². The van der Waals surface area contributed by atoms with E-state index in [1.54, 1.807) is 0 Å². The molecule has 3 N–H and O–H groups in total. The minimum Gasteiger partial charge on any atom is -0.357 e. The number of aliphatic imine (C=N–C) groups is 1. The fourth-order valence-corrected chi connectivity index (χ4v) is 2.74. The van der Waals surface area contributed by atoms with Crippen molar-refractivity contribution in [3.63, 3.8) is 0 Å². The van der Waals surface area contributed by atoms with Crippen molar-refractivity contribution in [2.24, 2.45) is 10.9 Å². The maximum atomic E-state index is 11.7. The van der Waals surface area contributed by atoms with E-state index < -0.39 is 10.0 Å². The summed E-state index contributed by atoms with van der Waals surface area (Å²) in [7, 11) is -1.84. The Hall–Kier alpha value is -0.870. The lowest BCUT2D eigenvalue weighted by molar-refractivity contribution is 0.481. The van der Waals surface area contributed by atoms with Crippen molar-refractivity contribution in [1.29, 1.82) is 0 Å². The smallest absolute Gasteiger partial charge is 0.215 e. The van der Waals surface area contributed by atoms with Gasteiger partial charge in [-0.05, 0) is 37.9 Å². The summed E-state index contributed by atoms with van der Waals surface area (Å²) in [5.74, 6) is 1.25. The van der Waals surface area contributed by atoms with Crippen LogP contribution in [0.15, 0.2) is 29.3 Å². The van der Waals surface area contributed by atoms with Crippen LogP contribution in [-0.4, -0.2) is 34.0 Å². The quantitative estimate of drug-likeness (QED) is 0.302. The van der Waals surface area contributed by atoms with Crippen molar-refractivity contribution in [3.05, 3.63) is 35.4 Å². The molecule has 1 unspecified atom stereocenters. The summed E-state index contributed by atoms with van der Waals surface area (Å²) in [6.45, 7) is 9.76. The maximum Gasteiger partial charge on any atom is 0.215 e. The molecule has 0 radical (unpaired) electrons. The van der Waals surface area contributed by atoms with Crippen LogP contribution < -0.4 is 15.4 Å². The van der Waals surface area contributed by atoms with Gasteiger partial charge in [0.2, 0.25) is 10.0 Å². The lowest BCUT2D eigenvalue weighted by atomic mass is 10.1. The van der Waals surface area contributed by atoms with Gasteiger partial charge in [-0.3, -0.25) is 0 Å². The number of benzene rings is 1. The van der Waals surface area contributed by atoms with E-state index in [2.05, 4.69) is 41.1 Å². The monoisotopic (exact) mass is 482 g/mol. The van der Waals surface area contributed by atoms with E-state index in [0.717, 1.165) is 23.6 Å². The first-order valence-corrected chi connectivity index (χ1v) is 9.96. The van der Waals surface area contributed by atoms with Crippen molar-refractivity contribution in [3.8, 4) is 0 Å². The molecule has 0 aromatic heterocycles. The molecule has 25 heavy (non-hydrogen) atoms. The van der Waals surface area contributed by atoms with Crippen molar-refractivity contribution in [2.75, 3.05) is 13.6 Å². The Morgan fingerprint density at radius 2 is 1.84 bits per heavy atom. The number of hydrogen-bond donors (Lipinski definition) is 3. The van der Waals surface area contributed by atoms with Gasteiger partial charge in [-0.15, -0.1) is 24.0 Å². The third-order valence-corrected chi connectivity index (χ3v) is 5.12. The average molecular weight is 482 g/mol. The predicted molar refractivity (Wildman–Crippen MR) is 116 cm³/mol. The molecule has 0 aliphatic carbocycles. The molecule has 0 bridgehead atoms. The van der Waals surface area contributed by atoms with Crippen molar-refractivity contribution >= 4 is 40.0 Å². The molecule has 0 aliphatic heterocycles. The molecule has 1 aromatic rings. The highest BCUT2D eigenvalue weighted by molar-refractivity contribution is 14.0. The van der Waals surface area contributed by atoms with Gasteiger partial charge in [0, 0.05) is 12.6 Å². The lowest BCUT2D eigenvalue weighted by Crippen LogP contribution is -2.44. The van der Waals surface area contributed by atoms with Crippen LogP contribution in [-0.2, 0) is 22.3 Å². The lowest BCUT2D eigenvalue weighted by Gasteiger charge is -2.20. The van der Waals surface area contributed by atoms with E-state index in [9.17, 15) is 8.42 Å². The van der Waals surface area contributed by atoms with Gasteiger partial charge in [-0.25, -0.2) is 18.1 Å². The van der Waals surface area contributed by atoms with Crippen LogP contribution in [0.4, 0.5) is 0 Å². The Balaban J connectivity index is 0.00000576. The minimum absolute atomic E-state index is 0. The highest BCUT2D eigenvalue weighted by atomic mass is 127. The SMILES string of the molecule is CCNC(=NCc1cccc(CS(=O)(=O)NC)c1)NC(C)C(C)C.I. The highest BCUT2D eigenvalue weighted by Crippen LogP contribution is 2.10. The Labute approximate surface area is 169 Å². The summed E-state index contributed by atoms with van der Waals surface area (Å²) in [5.41, 5.74) is 1.73. The first-order chi connectivity index (χ1) is 11.3. The van der Waals surface area contributed by atoms with Crippen LogP contribution in [0.5, 0.6) is 0 Å². The van der Waals surface area contributed by atoms with Crippen LogP contribution in [0.25, 0.3) is 0 Å². The second-order valence-corrected chi connectivity index (χ2v) is 8.08. The number of hydrogen-bond acceptors (Lipinski definition) is 3. The highest BCUT2D eigenvalue weighted by Gasteiger charge is 2.10. The van der Waals surface area contributed by atoms with Gasteiger partial charge in [-0.1, -0.05) is 38.1 Å². The Morgan fingerprint density at radius 3 is 2.40 bits per heavy atom. The molecule has 0 saturated carbocycles. The molecule has 0 saturated heterocycles. The molecule has 1 aromatic carbocycles. The second kappa shape index (κ2) is 11.7. The van der Waals surface area contributed by atoms with E-state index in [1.807, 2.05) is 31.2 Å². The zero-order chi connectivity index (χ0) is 18.2. The topological polar surface area (TPSA) is 82.6 Å². The molecule has 0 aliphatic rings. The fraction of sp³-hybridized carbons (Fsp3) is 0.588. The largest absolute Gasteiger partial charge is 0.357 e. The fourth-order valence-electron chi connectivity index (χ4n) is 1.98. The zero-order valence-electron chi connectivity index (χ0n) is 15.7. The van der Waals surface area contributed by atoms with Gasteiger partial charge >= 0.3 is 0 Å². The van der Waals surface area contributed by atoms with Gasteiger partial charge in [0.15, 0.2) is 5.96 Å². The van der Waals surface area contributed by atoms with Crippen LogP contribution in [0.1, 0.15) is 38.8 Å². The molecule has 8 heteroatoms. The number of nitrogens with one attached hydrogen (secondary N) is 3. The number of sulfonamides is 1. The van der Waals surface area contributed by atoms with E-state index >= 15 is 0 Å². The first kappa shape index (κ1) is 24.1. The molecule has 0 fully saturated rings. The van der Waals surface area contributed by atoms with E-state index in [0.29, 0.717) is 18.5 Å². The zero-order valence-corrected chi connectivity index (χ0v) is 18.8. The molecule has 0 amide bonds. The maximum absolute atomic E-state index is 11.7.